The topological polar surface area (TPSA) is 67.6 Å². The molecule has 0 fully saturated rings. The number of hydrogen-bond acceptors (Lipinski definition) is 4. The lowest BCUT2D eigenvalue weighted by Crippen LogP contribution is -2.40. The molecule has 0 radical (unpaired) electrons. The molecule has 1 atom stereocenters. The Morgan fingerprint density at radius 2 is 1.71 bits per heavy atom. The van der Waals surface area contributed by atoms with Gasteiger partial charge < -0.3 is 19.3 Å². The summed E-state index contributed by atoms with van der Waals surface area (Å²) in [5, 5.41) is 10.4. The monoisotopic (exact) mass is 501 g/mol. The molecule has 1 amide bonds. The molecule has 6 nitrogen and oxygen atoms in total. The number of rotatable bonds is 8. The third-order valence-electron chi connectivity index (χ3n) is 5.06. The molecule has 188 valence electrons. The number of carbonyl (C=O) groups is 1. The van der Waals surface area contributed by atoms with Crippen LogP contribution in [-0.4, -0.2) is 44.7 Å². The Hall–Kier alpha value is -3.54. The molecule has 1 unspecified atom stereocenters. The smallest absolute Gasteiger partial charge is 0.416 e. The predicted octanol–water partition coefficient (Wildman–Crippen LogP) is 4.54. The number of benzene rings is 2. The van der Waals surface area contributed by atoms with Gasteiger partial charge in [-0.2, -0.15) is 26.3 Å². The Morgan fingerprint density at radius 1 is 1.06 bits per heavy atom. The van der Waals surface area contributed by atoms with Gasteiger partial charge in [0.25, 0.3) is 5.91 Å². The van der Waals surface area contributed by atoms with Crippen molar-refractivity contribution in [2.24, 2.45) is 7.05 Å². The summed E-state index contributed by atoms with van der Waals surface area (Å²) in [5.74, 6) is -0.625. The highest BCUT2D eigenvalue weighted by atomic mass is 19.4. The molecule has 1 heterocycles. The lowest BCUT2D eigenvalue weighted by Gasteiger charge is -2.27. The summed E-state index contributed by atoms with van der Waals surface area (Å²) in [4.78, 5) is 17.9. The molecular formula is C23H21F6N3O3. The SMILES string of the molecule is Cn1cncc1C(=O)N(Cc1ccccc1C(F)(F)F)CC(O)COc1ccc(C(F)(F)F)cc1. The van der Waals surface area contributed by atoms with Gasteiger partial charge in [-0.15, -0.1) is 0 Å². The quantitative estimate of drug-likeness (QED) is 0.461. The minimum Gasteiger partial charge on any atom is -0.491 e. The number of aromatic nitrogens is 2. The lowest BCUT2D eigenvalue weighted by atomic mass is 10.1. The van der Waals surface area contributed by atoms with Crippen LogP contribution in [0.5, 0.6) is 5.75 Å². The van der Waals surface area contributed by atoms with E-state index < -0.39 is 55.2 Å². The molecule has 0 aliphatic rings. The molecule has 3 aromatic rings. The third-order valence-corrected chi connectivity index (χ3v) is 5.06. The van der Waals surface area contributed by atoms with Crippen molar-refractivity contribution >= 4 is 5.91 Å². The van der Waals surface area contributed by atoms with E-state index in [1.165, 1.54) is 42.3 Å². The summed E-state index contributed by atoms with van der Waals surface area (Å²) in [6.45, 7) is -1.28. The molecule has 0 bridgehead atoms. The number of alkyl halides is 6. The van der Waals surface area contributed by atoms with E-state index in [9.17, 15) is 36.2 Å². The number of nitrogens with zero attached hydrogens (tertiary/aromatic N) is 3. The van der Waals surface area contributed by atoms with Gasteiger partial charge in [0, 0.05) is 13.6 Å². The van der Waals surface area contributed by atoms with Gasteiger partial charge >= 0.3 is 12.4 Å². The van der Waals surface area contributed by atoms with Crippen LogP contribution in [0.3, 0.4) is 0 Å². The molecule has 0 spiro atoms. The zero-order chi connectivity index (χ0) is 25.8. The lowest BCUT2D eigenvalue weighted by molar-refractivity contribution is -0.139. The highest BCUT2D eigenvalue weighted by Crippen LogP contribution is 2.33. The Bertz CT molecular complexity index is 1140. The van der Waals surface area contributed by atoms with E-state index in [-0.39, 0.29) is 17.0 Å². The molecule has 1 aromatic heterocycles. The van der Waals surface area contributed by atoms with Gasteiger partial charge in [-0.1, -0.05) is 18.2 Å². The molecule has 12 heteroatoms. The van der Waals surface area contributed by atoms with E-state index in [0.717, 1.165) is 35.2 Å². The summed E-state index contributed by atoms with van der Waals surface area (Å²) in [5.41, 5.74) is -1.88. The van der Waals surface area contributed by atoms with Crippen LogP contribution in [-0.2, 0) is 25.9 Å². The van der Waals surface area contributed by atoms with E-state index in [4.69, 9.17) is 4.74 Å². The molecule has 0 aliphatic carbocycles. The Morgan fingerprint density at radius 3 is 2.29 bits per heavy atom. The number of imidazole rings is 1. The molecule has 0 aliphatic heterocycles. The standard InChI is InChI=1S/C23H21F6N3O3/c1-31-14-30-10-20(31)21(34)32(11-15-4-2-3-5-19(15)23(27,28)29)12-17(33)13-35-18-8-6-16(7-9-18)22(24,25)26/h2-10,14,17,33H,11-13H2,1H3. The van der Waals surface area contributed by atoms with Crippen molar-refractivity contribution in [3.63, 3.8) is 0 Å². The van der Waals surface area contributed by atoms with Gasteiger partial charge in [-0.3, -0.25) is 4.79 Å². The average molecular weight is 501 g/mol. The van der Waals surface area contributed by atoms with Gasteiger partial charge in [0.1, 0.15) is 24.2 Å². The summed E-state index contributed by atoms with van der Waals surface area (Å²) in [7, 11) is 1.53. The van der Waals surface area contributed by atoms with Gasteiger partial charge in [0.15, 0.2) is 0 Å². The van der Waals surface area contributed by atoms with Crippen molar-refractivity contribution in [2.45, 2.75) is 25.0 Å². The molecule has 1 N–H and O–H groups in total. The Labute approximate surface area is 196 Å². The molecule has 0 saturated carbocycles. The number of ether oxygens (including phenoxy) is 1. The summed E-state index contributed by atoms with van der Waals surface area (Å²) >= 11 is 0. The van der Waals surface area contributed by atoms with Crippen molar-refractivity contribution in [2.75, 3.05) is 13.2 Å². The minimum absolute atomic E-state index is 0.0454. The van der Waals surface area contributed by atoms with E-state index in [2.05, 4.69) is 4.98 Å². The molecule has 2 aromatic carbocycles. The number of aliphatic hydroxyl groups is 1. The summed E-state index contributed by atoms with van der Waals surface area (Å²) < 4.78 is 85.1. The number of aliphatic hydroxyl groups excluding tert-OH is 1. The van der Waals surface area contributed by atoms with E-state index in [0.29, 0.717) is 0 Å². The van der Waals surface area contributed by atoms with Gasteiger partial charge in [-0.05, 0) is 35.9 Å². The summed E-state index contributed by atoms with van der Waals surface area (Å²) in [6, 6.07) is 8.54. The van der Waals surface area contributed by atoms with E-state index in [1.807, 2.05) is 0 Å². The van der Waals surface area contributed by atoms with Crippen molar-refractivity contribution < 1.29 is 41.0 Å². The van der Waals surface area contributed by atoms with Crippen LogP contribution in [0.1, 0.15) is 27.2 Å². The maximum absolute atomic E-state index is 13.5. The van der Waals surface area contributed by atoms with Crippen LogP contribution in [0.4, 0.5) is 26.3 Å². The van der Waals surface area contributed by atoms with Crippen LogP contribution < -0.4 is 4.74 Å². The fourth-order valence-corrected chi connectivity index (χ4v) is 3.32. The second-order valence-corrected chi connectivity index (χ2v) is 7.72. The first-order valence-electron chi connectivity index (χ1n) is 10.2. The van der Waals surface area contributed by atoms with E-state index in [1.54, 1.807) is 0 Å². The third kappa shape index (κ3) is 6.75. The first kappa shape index (κ1) is 26.1. The normalized spacial score (nSPS) is 12.9. The first-order chi connectivity index (χ1) is 16.4. The minimum atomic E-state index is -4.65. The molecule has 3 rings (SSSR count). The second-order valence-electron chi connectivity index (χ2n) is 7.72. The molecular weight excluding hydrogens is 480 g/mol. The van der Waals surface area contributed by atoms with Crippen LogP contribution >= 0.6 is 0 Å². The number of aryl methyl sites for hydroxylation is 1. The highest BCUT2D eigenvalue weighted by molar-refractivity contribution is 5.92. The van der Waals surface area contributed by atoms with Crippen LogP contribution in [0.15, 0.2) is 61.1 Å². The maximum atomic E-state index is 13.5. The van der Waals surface area contributed by atoms with Crippen molar-refractivity contribution in [1.29, 1.82) is 0 Å². The number of halogens is 6. The zero-order valence-electron chi connectivity index (χ0n) is 18.3. The van der Waals surface area contributed by atoms with Crippen LogP contribution in [0.2, 0.25) is 0 Å². The number of amides is 1. The van der Waals surface area contributed by atoms with Crippen molar-refractivity contribution in [3.8, 4) is 5.75 Å². The zero-order valence-corrected chi connectivity index (χ0v) is 18.3. The summed E-state index contributed by atoms with van der Waals surface area (Å²) in [6.07, 6.45) is -7.93. The highest BCUT2D eigenvalue weighted by Gasteiger charge is 2.34. The van der Waals surface area contributed by atoms with Crippen molar-refractivity contribution in [3.05, 3.63) is 83.4 Å². The molecule has 0 saturated heterocycles. The van der Waals surface area contributed by atoms with Crippen LogP contribution in [0, 0.1) is 0 Å². The van der Waals surface area contributed by atoms with Gasteiger partial charge in [-0.25, -0.2) is 4.98 Å². The Balaban J connectivity index is 1.76. The fraction of sp³-hybridized carbons (Fsp3) is 0.304. The van der Waals surface area contributed by atoms with Crippen molar-refractivity contribution in [1.82, 2.24) is 14.5 Å². The fourth-order valence-electron chi connectivity index (χ4n) is 3.32. The predicted molar refractivity (Wildman–Crippen MR) is 112 cm³/mol. The van der Waals surface area contributed by atoms with E-state index >= 15 is 0 Å². The average Bonchev–Trinajstić information content (AvgIpc) is 3.22. The second kappa shape index (κ2) is 10.4. The van der Waals surface area contributed by atoms with Crippen LogP contribution in [0.25, 0.3) is 0 Å². The molecule has 35 heavy (non-hydrogen) atoms. The largest absolute Gasteiger partial charge is 0.491 e. The van der Waals surface area contributed by atoms with Gasteiger partial charge in [0.05, 0.1) is 30.2 Å². The Kier molecular flexibility index (Phi) is 7.73. The number of hydrogen-bond donors (Lipinski definition) is 1. The van der Waals surface area contributed by atoms with Gasteiger partial charge in [0.2, 0.25) is 0 Å². The first-order valence-corrected chi connectivity index (χ1v) is 10.2. The maximum Gasteiger partial charge on any atom is 0.416 e. The number of carbonyl (C=O) groups excluding carboxylic acids is 1.